The van der Waals surface area contributed by atoms with Crippen LogP contribution in [0.2, 0.25) is 0 Å². The van der Waals surface area contributed by atoms with Crippen molar-refractivity contribution in [2.45, 2.75) is 38.6 Å². The minimum atomic E-state index is 0.212. The van der Waals surface area contributed by atoms with Gasteiger partial charge in [-0.05, 0) is 37.6 Å². The summed E-state index contributed by atoms with van der Waals surface area (Å²) < 4.78 is 0. The van der Waals surface area contributed by atoms with Crippen molar-refractivity contribution in [3.8, 4) is 0 Å². The van der Waals surface area contributed by atoms with E-state index in [0.717, 1.165) is 37.8 Å². The second-order valence-corrected chi connectivity index (χ2v) is 4.77. The first-order valence-electron chi connectivity index (χ1n) is 5.76. The molecule has 2 fully saturated rings. The first-order valence-corrected chi connectivity index (χ1v) is 5.76. The molecule has 3 heteroatoms. The van der Waals surface area contributed by atoms with Crippen molar-refractivity contribution in [3.05, 3.63) is 0 Å². The maximum absolute atomic E-state index is 11.3. The fraction of sp³-hybridized carbons (Fsp3) is 0.909. The number of hydrogen-bond acceptors (Lipinski definition) is 2. The third-order valence-electron chi connectivity index (χ3n) is 3.43. The Morgan fingerprint density at radius 2 is 2.36 bits per heavy atom. The number of carbonyl (C=O) groups is 1. The van der Waals surface area contributed by atoms with Gasteiger partial charge in [0.05, 0.1) is 0 Å². The zero-order valence-corrected chi connectivity index (χ0v) is 8.88. The van der Waals surface area contributed by atoms with Gasteiger partial charge >= 0.3 is 0 Å². The van der Waals surface area contributed by atoms with Crippen LogP contribution < -0.4 is 10.6 Å². The quantitative estimate of drug-likeness (QED) is 0.704. The summed E-state index contributed by atoms with van der Waals surface area (Å²) in [7, 11) is 0. The Bertz CT molecular complexity index is 217. The smallest absolute Gasteiger partial charge is 0.221 e. The van der Waals surface area contributed by atoms with Gasteiger partial charge in [0.25, 0.3) is 0 Å². The van der Waals surface area contributed by atoms with Crippen molar-refractivity contribution < 1.29 is 4.79 Å². The van der Waals surface area contributed by atoms with Gasteiger partial charge in [0.1, 0.15) is 0 Å². The van der Waals surface area contributed by atoms with E-state index in [2.05, 4.69) is 17.6 Å². The summed E-state index contributed by atoms with van der Waals surface area (Å²) >= 11 is 0. The lowest BCUT2D eigenvalue weighted by atomic mass is 10.1. The molecule has 0 aromatic heterocycles. The molecular weight excluding hydrogens is 176 g/mol. The Morgan fingerprint density at radius 3 is 3.07 bits per heavy atom. The van der Waals surface area contributed by atoms with Gasteiger partial charge in [-0.1, -0.05) is 6.92 Å². The molecule has 14 heavy (non-hydrogen) atoms. The number of hydrogen-bond donors (Lipinski definition) is 2. The predicted octanol–water partition coefficient (Wildman–Crippen LogP) is 0.901. The minimum Gasteiger partial charge on any atom is -0.356 e. The van der Waals surface area contributed by atoms with Crippen LogP contribution in [-0.4, -0.2) is 25.0 Å². The molecule has 0 bridgehead atoms. The van der Waals surface area contributed by atoms with E-state index in [-0.39, 0.29) is 5.91 Å². The summed E-state index contributed by atoms with van der Waals surface area (Å²) in [4.78, 5) is 11.3. The summed E-state index contributed by atoms with van der Waals surface area (Å²) in [5.74, 6) is 1.99. The fourth-order valence-electron chi connectivity index (χ4n) is 2.15. The molecule has 0 spiro atoms. The van der Waals surface area contributed by atoms with Crippen LogP contribution in [-0.2, 0) is 4.79 Å². The maximum Gasteiger partial charge on any atom is 0.221 e. The van der Waals surface area contributed by atoms with Crippen molar-refractivity contribution in [1.29, 1.82) is 0 Å². The standard InChI is InChI=1S/C11H20N2O/c1-8-5-9(8)7-13-10-3-2-4-12-11(14)6-10/h8-10,13H,2-7H2,1H3,(H,12,14). The van der Waals surface area contributed by atoms with E-state index in [4.69, 9.17) is 0 Å². The van der Waals surface area contributed by atoms with Crippen LogP contribution in [0.5, 0.6) is 0 Å². The Morgan fingerprint density at radius 1 is 1.57 bits per heavy atom. The summed E-state index contributed by atoms with van der Waals surface area (Å²) in [6.45, 7) is 4.27. The lowest BCUT2D eigenvalue weighted by molar-refractivity contribution is -0.121. The number of amides is 1. The normalized spacial score (nSPS) is 37.5. The lowest BCUT2D eigenvalue weighted by Gasteiger charge is -2.14. The van der Waals surface area contributed by atoms with Gasteiger partial charge in [-0.25, -0.2) is 0 Å². The Balaban J connectivity index is 1.70. The van der Waals surface area contributed by atoms with Gasteiger partial charge in [-0.3, -0.25) is 4.79 Å². The van der Waals surface area contributed by atoms with Crippen molar-refractivity contribution in [3.63, 3.8) is 0 Å². The first-order chi connectivity index (χ1) is 6.75. The molecule has 1 aliphatic heterocycles. The molecule has 3 atom stereocenters. The van der Waals surface area contributed by atoms with Crippen LogP contribution in [0.4, 0.5) is 0 Å². The molecule has 80 valence electrons. The second-order valence-electron chi connectivity index (χ2n) is 4.77. The molecule has 0 aromatic rings. The number of rotatable bonds is 3. The average molecular weight is 196 g/mol. The molecule has 3 unspecified atom stereocenters. The van der Waals surface area contributed by atoms with Gasteiger partial charge < -0.3 is 10.6 Å². The Hall–Kier alpha value is -0.570. The Kier molecular flexibility index (Phi) is 3.06. The SMILES string of the molecule is CC1CC1CNC1CCCNC(=O)C1. The minimum absolute atomic E-state index is 0.212. The van der Waals surface area contributed by atoms with Gasteiger partial charge in [0.15, 0.2) is 0 Å². The van der Waals surface area contributed by atoms with Crippen molar-refractivity contribution in [2.75, 3.05) is 13.1 Å². The second kappa shape index (κ2) is 4.30. The van der Waals surface area contributed by atoms with Crippen molar-refractivity contribution in [2.24, 2.45) is 11.8 Å². The van der Waals surface area contributed by atoms with Crippen LogP contribution in [0.15, 0.2) is 0 Å². The van der Waals surface area contributed by atoms with E-state index in [0.29, 0.717) is 12.5 Å². The molecule has 2 N–H and O–H groups in total. The van der Waals surface area contributed by atoms with E-state index in [1.165, 1.54) is 6.42 Å². The van der Waals surface area contributed by atoms with Crippen LogP contribution in [0, 0.1) is 11.8 Å². The van der Waals surface area contributed by atoms with E-state index >= 15 is 0 Å². The first kappa shape index (κ1) is 9.97. The van der Waals surface area contributed by atoms with Crippen molar-refractivity contribution in [1.82, 2.24) is 10.6 Å². The molecule has 0 aromatic carbocycles. The molecule has 2 aliphatic rings. The zero-order chi connectivity index (χ0) is 9.97. The third kappa shape index (κ3) is 2.71. The van der Waals surface area contributed by atoms with Gasteiger partial charge in [0, 0.05) is 19.0 Å². The summed E-state index contributed by atoms with van der Waals surface area (Å²) in [5, 5.41) is 6.43. The highest BCUT2D eigenvalue weighted by Crippen LogP contribution is 2.36. The average Bonchev–Trinajstić information content (AvgIpc) is 2.87. The number of nitrogens with one attached hydrogen (secondary N) is 2. The number of carbonyl (C=O) groups excluding carboxylic acids is 1. The molecule has 1 saturated carbocycles. The zero-order valence-electron chi connectivity index (χ0n) is 8.88. The van der Waals surface area contributed by atoms with Gasteiger partial charge in [0.2, 0.25) is 5.91 Å². The largest absolute Gasteiger partial charge is 0.356 e. The summed E-state index contributed by atoms with van der Waals surface area (Å²) in [5.41, 5.74) is 0. The molecule has 1 saturated heterocycles. The molecule has 0 radical (unpaired) electrons. The highest BCUT2D eigenvalue weighted by Gasteiger charge is 2.32. The highest BCUT2D eigenvalue weighted by atomic mass is 16.1. The molecule has 3 nitrogen and oxygen atoms in total. The van der Waals surface area contributed by atoms with Crippen LogP contribution in [0.1, 0.15) is 32.6 Å². The summed E-state index contributed by atoms with van der Waals surface area (Å²) in [6, 6.07) is 0.422. The highest BCUT2D eigenvalue weighted by molar-refractivity contribution is 5.76. The van der Waals surface area contributed by atoms with E-state index in [9.17, 15) is 4.79 Å². The summed E-state index contributed by atoms with van der Waals surface area (Å²) in [6.07, 6.45) is 4.29. The monoisotopic (exact) mass is 196 g/mol. The fourth-order valence-corrected chi connectivity index (χ4v) is 2.15. The van der Waals surface area contributed by atoms with Crippen molar-refractivity contribution >= 4 is 5.91 Å². The molecular formula is C11H20N2O. The van der Waals surface area contributed by atoms with Crippen LogP contribution >= 0.6 is 0 Å². The van der Waals surface area contributed by atoms with Crippen LogP contribution in [0.3, 0.4) is 0 Å². The van der Waals surface area contributed by atoms with Gasteiger partial charge in [-0.2, -0.15) is 0 Å². The third-order valence-corrected chi connectivity index (χ3v) is 3.43. The topological polar surface area (TPSA) is 41.1 Å². The molecule has 2 rings (SSSR count). The van der Waals surface area contributed by atoms with E-state index in [1.54, 1.807) is 0 Å². The Labute approximate surface area is 85.6 Å². The van der Waals surface area contributed by atoms with E-state index in [1.807, 2.05) is 0 Å². The molecule has 1 aliphatic carbocycles. The molecule has 1 heterocycles. The van der Waals surface area contributed by atoms with E-state index < -0.39 is 0 Å². The predicted molar refractivity (Wildman–Crippen MR) is 55.9 cm³/mol. The lowest BCUT2D eigenvalue weighted by Crippen LogP contribution is -2.33. The molecule has 1 amide bonds. The van der Waals surface area contributed by atoms with Gasteiger partial charge in [-0.15, -0.1) is 0 Å². The maximum atomic E-state index is 11.3. The van der Waals surface area contributed by atoms with Crippen LogP contribution in [0.25, 0.3) is 0 Å².